The molecule has 4 heteroatoms. The maximum atomic E-state index is 11.9. The van der Waals surface area contributed by atoms with Crippen molar-refractivity contribution in [2.75, 3.05) is 18.8 Å². The average molecular weight is 278 g/mol. The normalized spacial score (nSPS) is 19.2. The first-order valence-corrected chi connectivity index (χ1v) is 7.84. The predicted octanol–water partition coefficient (Wildman–Crippen LogP) is 2.26. The van der Waals surface area contributed by atoms with Crippen LogP contribution in [-0.2, 0) is 4.79 Å². The lowest BCUT2D eigenvalue weighted by Gasteiger charge is -2.23. The van der Waals surface area contributed by atoms with Gasteiger partial charge in [0.1, 0.15) is 0 Å². The summed E-state index contributed by atoms with van der Waals surface area (Å²) < 4.78 is 0. The van der Waals surface area contributed by atoms with E-state index in [0.717, 1.165) is 25.9 Å². The van der Waals surface area contributed by atoms with Crippen LogP contribution in [0.1, 0.15) is 24.0 Å². The molecule has 1 heterocycles. The monoisotopic (exact) mass is 278 g/mol. The fraction of sp³-hybridized carbons (Fsp3) is 0.533. The van der Waals surface area contributed by atoms with E-state index in [1.54, 1.807) is 11.8 Å². The highest BCUT2D eigenvalue weighted by Crippen LogP contribution is 2.23. The second-order valence-corrected chi connectivity index (χ2v) is 6.19. The number of hydrogen-bond donors (Lipinski definition) is 2. The summed E-state index contributed by atoms with van der Waals surface area (Å²) in [6.07, 6.45) is 2.24. The second kappa shape index (κ2) is 6.96. The Morgan fingerprint density at radius 3 is 3.05 bits per heavy atom. The van der Waals surface area contributed by atoms with Crippen LogP contribution in [0, 0.1) is 13.8 Å². The third kappa shape index (κ3) is 4.55. The Labute approximate surface area is 119 Å². The molecule has 0 aliphatic carbocycles. The van der Waals surface area contributed by atoms with Crippen molar-refractivity contribution in [1.82, 2.24) is 10.6 Å². The number of nitrogens with one attached hydrogen (secondary N) is 2. The Balaban J connectivity index is 1.81. The summed E-state index contributed by atoms with van der Waals surface area (Å²) in [7, 11) is 0. The molecule has 1 aliphatic heterocycles. The summed E-state index contributed by atoms with van der Waals surface area (Å²) in [6.45, 7) is 6.14. The van der Waals surface area contributed by atoms with Gasteiger partial charge in [-0.25, -0.2) is 0 Å². The van der Waals surface area contributed by atoms with Crippen LogP contribution in [0.4, 0.5) is 0 Å². The first-order chi connectivity index (χ1) is 9.15. The number of thioether (sulfide) groups is 1. The van der Waals surface area contributed by atoms with Crippen molar-refractivity contribution in [3.8, 4) is 0 Å². The van der Waals surface area contributed by atoms with E-state index in [2.05, 4.69) is 42.7 Å². The minimum Gasteiger partial charge on any atom is -0.351 e. The summed E-state index contributed by atoms with van der Waals surface area (Å²) in [4.78, 5) is 13.1. The zero-order chi connectivity index (χ0) is 13.7. The lowest BCUT2D eigenvalue weighted by Crippen LogP contribution is -2.46. The first kappa shape index (κ1) is 14.4. The van der Waals surface area contributed by atoms with Crippen LogP contribution in [0.5, 0.6) is 0 Å². The molecule has 1 aliphatic rings. The quantitative estimate of drug-likeness (QED) is 0.830. The summed E-state index contributed by atoms with van der Waals surface area (Å²) in [5, 5.41) is 6.41. The van der Waals surface area contributed by atoms with E-state index in [0.29, 0.717) is 11.8 Å². The Hall–Kier alpha value is -1.00. The number of hydrogen-bond acceptors (Lipinski definition) is 3. The Morgan fingerprint density at radius 2 is 2.32 bits per heavy atom. The maximum absolute atomic E-state index is 11.9. The van der Waals surface area contributed by atoms with Gasteiger partial charge in [-0.3, -0.25) is 4.79 Å². The topological polar surface area (TPSA) is 41.1 Å². The fourth-order valence-corrected chi connectivity index (χ4v) is 3.19. The highest BCUT2D eigenvalue weighted by molar-refractivity contribution is 8.00. The third-order valence-electron chi connectivity index (χ3n) is 3.36. The summed E-state index contributed by atoms with van der Waals surface area (Å²) in [5.74, 6) is 0.639. The van der Waals surface area contributed by atoms with Gasteiger partial charge in [0.2, 0.25) is 5.91 Å². The van der Waals surface area contributed by atoms with Gasteiger partial charge < -0.3 is 10.6 Å². The molecule has 1 fully saturated rings. The van der Waals surface area contributed by atoms with E-state index in [-0.39, 0.29) is 5.91 Å². The van der Waals surface area contributed by atoms with Gasteiger partial charge in [0.15, 0.2) is 0 Å². The lowest BCUT2D eigenvalue weighted by atomic mass is 10.1. The van der Waals surface area contributed by atoms with Crippen LogP contribution in [-0.4, -0.2) is 30.8 Å². The smallest absolute Gasteiger partial charge is 0.230 e. The molecular weight excluding hydrogens is 256 g/mol. The number of carbonyl (C=O) groups excluding carboxylic acids is 1. The van der Waals surface area contributed by atoms with Gasteiger partial charge in [0, 0.05) is 17.5 Å². The molecule has 1 saturated heterocycles. The molecule has 1 atom stereocenters. The second-order valence-electron chi connectivity index (χ2n) is 5.17. The molecule has 0 bridgehead atoms. The van der Waals surface area contributed by atoms with Crippen molar-refractivity contribution in [2.45, 2.75) is 37.6 Å². The van der Waals surface area contributed by atoms with Crippen LogP contribution < -0.4 is 10.6 Å². The zero-order valence-corrected chi connectivity index (χ0v) is 12.5. The number of piperidine rings is 1. The molecule has 1 unspecified atom stereocenters. The molecule has 1 aromatic rings. The first-order valence-electron chi connectivity index (χ1n) is 6.85. The summed E-state index contributed by atoms with van der Waals surface area (Å²) in [6, 6.07) is 6.67. The van der Waals surface area contributed by atoms with E-state index in [9.17, 15) is 4.79 Å². The average Bonchev–Trinajstić information content (AvgIpc) is 2.41. The molecule has 0 spiro atoms. The van der Waals surface area contributed by atoms with Gasteiger partial charge in [-0.05, 0) is 44.9 Å². The zero-order valence-electron chi connectivity index (χ0n) is 11.7. The van der Waals surface area contributed by atoms with Crippen LogP contribution in [0.25, 0.3) is 0 Å². The molecule has 104 valence electrons. The standard InChI is InChI=1S/C15H22N2OS/c1-11-5-6-12(2)14(8-11)19-10-15(18)17-13-4-3-7-16-9-13/h5-6,8,13,16H,3-4,7,9-10H2,1-2H3,(H,17,18). The number of amides is 1. The van der Waals surface area contributed by atoms with E-state index in [1.807, 2.05) is 0 Å². The van der Waals surface area contributed by atoms with Gasteiger partial charge in [0.25, 0.3) is 0 Å². The number of aryl methyl sites for hydroxylation is 2. The van der Waals surface area contributed by atoms with Crippen molar-refractivity contribution in [2.24, 2.45) is 0 Å². The predicted molar refractivity (Wildman–Crippen MR) is 80.7 cm³/mol. The van der Waals surface area contributed by atoms with Crippen LogP contribution in [0.3, 0.4) is 0 Å². The molecule has 0 aromatic heterocycles. The van der Waals surface area contributed by atoms with Gasteiger partial charge in [-0.15, -0.1) is 11.8 Å². The van der Waals surface area contributed by atoms with Crippen molar-refractivity contribution < 1.29 is 4.79 Å². The van der Waals surface area contributed by atoms with Gasteiger partial charge in [0.05, 0.1) is 5.75 Å². The maximum Gasteiger partial charge on any atom is 0.230 e. The minimum absolute atomic E-state index is 0.139. The minimum atomic E-state index is 0.139. The van der Waals surface area contributed by atoms with Crippen molar-refractivity contribution >= 4 is 17.7 Å². The SMILES string of the molecule is Cc1ccc(C)c(SCC(=O)NC2CCCNC2)c1. The molecule has 2 rings (SSSR count). The van der Waals surface area contributed by atoms with Crippen molar-refractivity contribution in [1.29, 1.82) is 0 Å². The highest BCUT2D eigenvalue weighted by atomic mass is 32.2. The third-order valence-corrected chi connectivity index (χ3v) is 4.52. The van der Waals surface area contributed by atoms with Gasteiger partial charge in [-0.1, -0.05) is 17.7 Å². The van der Waals surface area contributed by atoms with Gasteiger partial charge >= 0.3 is 0 Å². The number of rotatable bonds is 4. The molecule has 3 nitrogen and oxygen atoms in total. The summed E-state index contributed by atoms with van der Waals surface area (Å²) >= 11 is 1.63. The largest absolute Gasteiger partial charge is 0.351 e. The molecule has 19 heavy (non-hydrogen) atoms. The molecule has 0 radical (unpaired) electrons. The van der Waals surface area contributed by atoms with E-state index in [4.69, 9.17) is 0 Å². The molecule has 1 aromatic carbocycles. The Bertz CT molecular complexity index is 442. The molecule has 1 amide bonds. The van der Waals surface area contributed by atoms with E-state index < -0.39 is 0 Å². The lowest BCUT2D eigenvalue weighted by molar-refractivity contribution is -0.119. The van der Waals surface area contributed by atoms with Crippen molar-refractivity contribution in [3.05, 3.63) is 29.3 Å². The van der Waals surface area contributed by atoms with Crippen molar-refractivity contribution in [3.63, 3.8) is 0 Å². The molecule has 2 N–H and O–H groups in total. The van der Waals surface area contributed by atoms with Crippen LogP contribution >= 0.6 is 11.8 Å². The summed E-state index contributed by atoms with van der Waals surface area (Å²) in [5.41, 5.74) is 2.48. The fourth-order valence-electron chi connectivity index (χ4n) is 2.25. The van der Waals surface area contributed by atoms with Crippen LogP contribution in [0.15, 0.2) is 23.1 Å². The molecule has 0 saturated carbocycles. The number of carbonyl (C=O) groups is 1. The Kier molecular flexibility index (Phi) is 5.28. The van der Waals surface area contributed by atoms with Crippen LogP contribution in [0.2, 0.25) is 0 Å². The Morgan fingerprint density at radius 1 is 1.47 bits per heavy atom. The molecular formula is C15H22N2OS. The van der Waals surface area contributed by atoms with Gasteiger partial charge in [-0.2, -0.15) is 0 Å². The number of benzene rings is 1. The van der Waals surface area contributed by atoms with E-state index >= 15 is 0 Å². The van der Waals surface area contributed by atoms with E-state index in [1.165, 1.54) is 16.0 Å². The highest BCUT2D eigenvalue weighted by Gasteiger charge is 2.15.